The highest BCUT2D eigenvalue weighted by Gasteiger charge is 2.07. The fourth-order valence-corrected chi connectivity index (χ4v) is 2.73. The van der Waals surface area contributed by atoms with Gasteiger partial charge in [-0.3, -0.25) is 5.10 Å². The summed E-state index contributed by atoms with van der Waals surface area (Å²) in [5.41, 5.74) is 2.70. The number of rotatable bonds is 5. The molecule has 0 saturated heterocycles. The molecular weight excluding hydrogens is 318 g/mol. The van der Waals surface area contributed by atoms with Crippen LogP contribution in [-0.4, -0.2) is 15.2 Å². The molecule has 0 aliphatic carbocycles. The minimum atomic E-state index is -0.845. The van der Waals surface area contributed by atoms with Crippen molar-refractivity contribution in [3.63, 3.8) is 0 Å². The molecule has 1 heterocycles. The van der Waals surface area contributed by atoms with Crippen molar-refractivity contribution in [3.8, 4) is 0 Å². The van der Waals surface area contributed by atoms with Crippen molar-refractivity contribution in [2.75, 3.05) is 5.32 Å². The molecule has 0 fully saturated rings. The first kappa shape index (κ1) is 15.5. The van der Waals surface area contributed by atoms with E-state index in [1.807, 2.05) is 31.2 Å². The molecule has 0 aliphatic heterocycles. The first-order valence-corrected chi connectivity index (χ1v) is 7.92. The Bertz CT molecular complexity index is 819. The van der Waals surface area contributed by atoms with E-state index in [4.69, 9.17) is 0 Å². The number of aromatic amines is 1. The predicted octanol–water partition coefficient (Wildman–Crippen LogP) is 4.43. The Morgan fingerprint density at radius 1 is 1.13 bits per heavy atom. The lowest BCUT2D eigenvalue weighted by molar-refractivity contribution is 0.507. The average Bonchev–Trinajstić information content (AvgIpc) is 2.98. The molecule has 3 aromatic rings. The number of thioether (sulfide) groups is 1. The second-order valence-corrected chi connectivity index (χ2v) is 5.91. The third kappa shape index (κ3) is 3.87. The van der Waals surface area contributed by atoms with Crippen molar-refractivity contribution in [3.05, 3.63) is 65.2 Å². The monoisotopic (exact) mass is 332 g/mol. The zero-order valence-electron chi connectivity index (χ0n) is 12.3. The second kappa shape index (κ2) is 6.78. The van der Waals surface area contributed by atoms with Gasteiger partial charge in [-0.05, 0) is 36.2 Å². The zero-order chi connectivity index (χ0) is 16.2. The van der Waals surface area contributed by atoms with Crippen molar-refractivity contribution in [2.24, 2.45) is 0 Å². The summed E-state index contributed by atoms with van der Waals surface area (Å²) in [6.45, 7) is 1.99. The highest BCUT2D eigenvalue weighted by atomic mass is 32.2. The Labute approximate surface area is 136 Å². The Balaban J connectivity index is 1.63. The van der Waals surface area contributed by atoms with Crippen LogP contribution in [0, 0.1) is 18.6 Å². The topological polar surface area (TPSA) is 53.6 Å². The number of nitrogens with zero attached hydrogens (tertiary/aromatic N) is 2. The minimum Gasteiger partial charge on any atom is -0.323 e. The molecule has 2 N–H and O–H groups in total. The number of aryl methyl sites for hydroxylation is 1. The van der Waals surface area contributed by atoms with Crippen molar-refractivity contribution in [1.29, 1.82) is 0 Å². The average molecular weight is 332 g/mol. The summed E-state index contributed by atoms with van der Waals surface area (Å²) in [5.74, 6) is -0.756. The van der Waals surface area contributed by atoms with E-state index in [0.29, 0.717) is 22.4 Å². The maximum absolute atomic E-state index is 13.2. The number of hydrogen-bond acceptors (Lipinski definition) is 4. The van der Waals surface area contributed by atoms with Crippen LogP contribution >= 0.6 is 11.8 Å². The van der Waals surface area contributed by atoms with Crippen LogP contribution in [0.25, 0.3) is 0 Å². The van der Waals surface area contributed by atoms with Gasteiger partial charge in [-0.25, -0.2) is 8.78 Å². The van der Waals surface area contributed by atoms with Crippen LogP contribution in [0.1, 0.15) is 11.1 Å². The SMILES string of the molecule is Cc1ccccc1Nc1n[nH]c(SCc2ccc(F)c(F)c2)n1. The molecule has 0 bridgehead atoms. The van der Waals surface area contributed by atoms with Gasteiger partial charge in [0, 0.05) is 11.4 Å². The molecule has 0 unspecified atom stereocenters. The van der Waals surface area contributed by atoms with Gasteiger partial charge in [0.15, 0.2) is 16.8 Å². The largest absolute Gasteiger partial charge is 0.323 e. The first-order valence-electron chi connectivity index (χ1n) is 6.93. The molecule has 118 valence electrons. The smallest absolute Gasteiger partial charge is 0.247 e. The van der Waals surface area contributed by atoms with Crippen LogP contribution in [0.15, 0.2) is 47.6 Å². The Morgan fingerprint density at radius 2 is 1.96 bits per heavy atom. The number of benzene rings is 2. The number of anilines is 2. The van der Waals surface area contributed by atoms with Gasteiger partial charge in [-0.2, -0.15) is 4.98 Å². The molecule has 4 nitrogen and oxygen atoms in total. The highest BCUT2D eigenvalue weighted by molar-refractivity contribution is 7.98. The molecular formula is C16H14F2N4S. The third-order valence-electron chi connectivity index (χ3n) is 3.22. The van der Waals surface area contributed by atoms with E-state index < -0.39 is 11.6 Å². The van der Waals surface area contributed by atoms with E-state index in [0.717, 1.165) is 17.3 Å². The van der Waals surface area contributed by atoms with Gasteiger partial charge >= 0.3 is 0 Å². The molecule has 0 saturated carbocycles. The fourth-order valence-electron chi connectivity index (χ4n) is 1.98. The quantitative estimate of drug-likeness (QED) is 0.679. The number of hydrogen-bond donors (Lipinski definition) is 2. The summed E-state index contributed by atoms with van der Waals surface area (Å²) in [7, 11) is 0. The summed E-state index contributed by atoms with van der Waals surface area (Å²) in [4.78, 5) is 4.32. The van der Waals surface area contributed by atoms with E-state index in [1.54, 1.807) is 6.07 Å². The van der Waals surface area contributed by atoms with E-state index >= 15 is 0 Å². The lowest BCUT2D eigenvalue weighted by Gasteiger charge is -2.04. The van der Waals surface area contributed by atoms with Crippen LogP contribution in [-0.2, 0) is 5.75 Å². The Hall–Kier alpha value is -2.41. The Kier molecular flexibility index (Phi) is 4.57. The van der Waals surface area contributed by atoms with Gasteiger partial charge in [0.05, 0.1) is 0 Å². The highest BCUT2D eigenvalue weighted by Crippen LogP contribution is 2.23. The predicted molar refractivity (Wildman–Crippen MR) is 86.8 cm³/mol. The molecule has 23 heavy (non-hydrogen) atoms. The summed E-state index contributed by atoms with van der Waals surface area (Å²) >= 11 is 1.37. The van der Waals surface area contributed by atoms with E-state index in [9.17, 15) is 8.78 Å². The van der Waals surface area contributed by atoms with Crippen molar-refractivity contribution in [1.82, 2.24) is 15.2 Å². The van der Waals surface area contributed by atoms with E-state index in [2.05, 4.69) is 20.5 Å². The number of aromatic nitrogens is 3. The van der Waals surface area contributed by atoms with Crippen LogP contribution < -0.4 is 5.32 Å². The van der Waals surface area contributed by atoms with Gasteiger partial charge in [-0.1, -0.05) is 36.0 Å². The van der Waals surface area contributed by atoms with Crippen molar-refractivity contribution in [2.45, 2.75) is 17.8 Å². The summed E-state index contributed by atoms with van der Waals surface area (Å²) in [6, 6.07) is 11.7. The van der Waals surface area contributed by atoms with Crippen LogP contribution in [0.2, 0.25) is 0 Å². The maximum atomic E-state index is 13.2. The molecule has 3 rings (SSSR count). The van der Waals surface area contributed by atoms with E-state index in [-0.39, 0.29) is 0 Å². The van der Waals surface area contributed by atoms with E-state index in [1.165, 1.54) is 17.8 Å². The van der Waals surface area contributed by atoms with Gasteiger partial charge in [0.1, 0.15) is 0 Å². The van der Waals surface area contributed by atoms with Gasteiger partial charge in [0.2, 0.25) is 5.95 Å². The summed E-state index contributed by atoms with van der Waals surface area (Å²) in [6.07, 6.45) is 0. The van der Waals surface area contributed by atoms with Crippen molar-refractivity contribution >= 4 is 23.4 Å². The molecule has 0 atom stereocenters. The lowest BCUT2D eigenvalue weighted by atomic mass is 10.2. The summed E-state index contributed by atoms with van der Waals surface area (Å²) in [5, 5.41) is 10.6. The number of nitrogens with one attached hydrogen (secondary N) is 2. The number of para-hydroxylation sites is 1. The molecule has 0 radical (unpaired) electrons. The molecule has 2 aromatic carbocycles. The van der Waals surface area contributed by atoms with Crippen LogP contribution in [0.3, 0.4) is 0 Å². The maximum Gasteiger partial charge on any atom is 0.247 e. The molecule has 0 spiro atoms. The normalized spacial score (nSPS) is 10.7. The fraction of sp³-hybridized carbons (Fsp3) is 0.125. The molecule has 7 heteroatoms. The first-order chi connectivity index (χ1) is 11.1. The lowest BCUT2D eigenvalue weighted by Crippen LogP contribution is -1.94. The van der Waals surface area contributed by atoms with Gasteiger partial charge in [-0.15, -0.1) is 5.10 Å². The number of H-pyrrole nitrogens is 1. The molecule has 1 aromatic heterocycles. The number of halogens is 2. The standard InChI is InChI=1S/C16H14F2N4S/c1-10-4-2-3-5-14(10)19-15-20-16(22-21-15)23-9-11-6-7-12(17)13(18)8-11/h2-8H,9H2,1H3,(H2,19,20,21,22). The second-order valence-electron chi connectivity index (χ2n) is 4.94. The van der Waals surface area contributed by atoms with Crippen LogP contribution in [0.5, 0.6) is 0 Å². The van der Waals surface area contributed by atoms with Gasteiger partial charge in [0.25, 0.3) is 0 Å². The minimum absolute atomic E-state index is 0.465. The van der Waals surface area contributed by atoms with Crippen LogP contribution in [0.4, 0.5) is 20.4 Å². The Morgan fingerprint density at radius 3 is 2.74 bits per heavy atom. The third-order valence-corrected chi connectivity index (χ3v) is 4.15. The summed E-state index contributed by atoms with van der Waals surface area (Å²) < 4.78 is 26.0. The molecule has 0 amide bonds. The zero-order valence-corrected chi connectivity index (χ0v) is 13.1. The molecule has 0 aliphatic rings. The van der Waals surface area contributed by atoms with Gasteiger partial charge < -0.3 is 5.32 Å². The van der Waals surface area contributed by atoms with Crippen molar-refractivity contribution < 1.29 is 8.78 Å².